The van der Waals surface area contributed by atoms with Crippen molar-refractivity contribution in [3.8, 4) is 28.4 Å². The molecule has 1 atom stereocenters. The molecule has 280 valence electrons. The Labute approximate surface area is 303 Å². The van der Waals surface area contributed by atoms with Crippen molar-refractivity contribution >= 4 is 26.2 Å². The number of amides is 1. The SMILES string of the molecule is Cc1noc(C)c1-c1nc(-c2cccc(OC[C@H](CNCC(=O)OC(C)(C)C)O[Si](C)(C)C(C)(C)C)c2)nc(NC2CCN(C(=O)O)CC2)c1C. The van der Waals surface area contributed by atoms with Crippen LogP contribution in [0.15, 0.2) is 28.8 Å². The lowest BCUT2D eigenvalue weighted by molar-refractivity contribution is -0.153. The van der Waals surface area contributed by atoms with Gasteiger partial charge in [0.1, 0.15) is 29.5 Å². The molecule has 3 aromatic rings. The molecule has 0 unspecified atom stereocenters. The number of aromatic nitrogens is 3. The second-order valence-electron chi connectivity index (χ2n) is 15.8. The van der Waals surface area contributed by atoms with E-state index in [0.717, 1.165) is 22.4 Å². The number of hydrogen-bond acceptors (Lipinski definition) is 11. The number of benzene rings is 1. The van der Waals surface area contributed by atoms with E-state index in [9.17, 15) is 14.7 Å². The summed E-state index contributed by atoms with van der Waals surface area (Å²) < 4.78 is 24.1. The van der Waals surface area contributed by atoms with E-state index in [-0.39, 0.29) is 36.3 Å². The molecule has 3 heterocycles. The molecule has 4 rings (SSSR count). The molecular formula is C37H56N6O7Si. The average Bonchev–Trinajstić information content (AvgIpc) is 3.36. The van der Waals surface area contributed by atoms with Gasteiger partial charge in [-0.15, -0.1) is 0 Å². The fourth-order valence-corrected chi connectivity index (χ4v) is 6.95. The summed E-state index contributed by atoms with van der Waals surface area (Å²) in [7, 11) is -2.17. The van der Waals surface area contributed by atoms with Gasteiger partial charge in [-0.3, -0.25) is 4.79 Å². The Bertz CT molecular complexity index is 1650. The Morgan fingerprint density at radius 1 is 1.08 bits per heavy atom. The zero-order chi connectivity index (χ0) is 37.7. The summed E-state index contributed by atoms with van der Waals surface area (Å²) in [4.78, 5) is 35.3. The van der Waals surface area contributed by atoms with Crippen LogP contribution < -0.4 is 15.4 Å². The van der Waals surface area contributed by atoms with E-state index in [0.29, 0.717) is 61.3 Å². The first-order valence-electron chi connectivity index (χ1n) is 17.6. The van der Waals surface area contributed by atoms with E-state index in [4.69, 9.17) is 28.4 Å². The highest BCUT2D eigenvalue weighted by molar-refractivity contribution is 6.74. The maximum atomic E-state index is 12.4. The zero-order valence-corrected chi connectivity index (χ0v) is 33.1. The average molecular weight is 725 g/mol. The number of ether oxygens (including phenoxy) is 2. The first kappa shape index (κ1) is 39.8. The highest BCUT2D eigenvalue weighted by atomic mass is 28.4. The predicted molar refractivity (Wildman–Crippen MR) is 200 cm³/mol. The van der Waals surface area contributed by atoms with Crippen LogP contribution >= 0.6 is 0 Å². The summed E-state index contributed by atoms with van der Waals surface area (Å²) in [5.41, 5.74) is 3.31. The van der Waals surface area contributed by atoms with Gasteiger partial charge >= 0.3 is 12.1 Å². The van der Waals surface area contributed by atoms with Gasteiger partial charge in [0.15, 0.2) is 14.1 Å². The second kappa shape index (κ2) is 16.1. The third-order valence-corrected chi connectivity index (χ3v) is 13.9. The number of carbonyl (C=O) groups is 2. The van der Waals surface area contributed by atoms with E-state index < -0.39 is 20.0 Å². The van der Waals surface area contributed by atoms with Crippen LogP contribution in [-0.2, 0) is 14.0 Å². The number of hydrogen-bond donors (Lipinski definition) is 3. The van der Waals surface area contributed by atoms with Gasteiger partial charge in [-0.1, -0.05) is 38.1 Å². The summed E-state index contributed by atoms with van der Waals surface area (Å²) in [6, 6.07) is 7.70. The molecule has 0 radical (unpaired) electrons. The van der Waals surface area contributed by atoms with Crippen molar-refractivity contribution in [1.29, 1.82) is 0 Å². The lowest BCUT2D eigenvalue weighted by Crippen LogP contribution is -2.48. The number of likely N-dealkylation sites (tertiary alicyclic amines) is 1. The molecule has 1 aliphatic rings. The van der Waals surface area contributed by atoms with Gasteiger partial charge in [0.2, 0.25) is 0 Å². The number of aryl methyl sites for hydroxylation is 2. The smallest absolute Gasteiger partial charge is 0.407 e. The van der Waals surface area contributed by atoms with Crippen LogP contribution in [-0.4, -0.2) is 96.0 Å². The number of esters is 1. The second-order valence-corrected chi connectivity index (χ2v) is 20.6. The molecule has 2 aromatic heterocycles. The molecule has 1 aliphatic heterocycles. The summed E-state index contributed by atoms with van der Waals surface area (Å²) in [5, 5.41) is 20.4. The Balaban J connectivity index is 1.59. The van der Waals surface area contributed by atoms with E-state index in [1.165, 1.54) is 4.90 Å². The molecule has 0 bridgehead atoms. The van der Waals surface area contributed by atoms with E-state index in [1.807, 2.05) is 65.8 Å². The van der Waals surface area contributed by atoms with Crippen LogP contribution in [0, 0.1) is 20.8 Å². The lowest BCUT2D eigenvalue weighted by atomic mass is 10.0. The van der Waals surface area contributed by atoms with Crippen LogP contribution in [0.3, 0.4) is 0 Å². The highest BCUT2D eigenvalue weighted by Gasteiger charge is 2.39. The van der Waals surface area contributed by atoms with Gasteiger partial charge in [0.25, 0.3) is 0 Å². The highest BCUT2D eigenvalue weighted by Crippen LogP contribution is 2.38. The Morgan fingerprint density at radius 2 is 1.76 bits per heavy atom. The first-order valence-corrected chi connectivity index (χ1v) is 20.5. The minimum Gasteiger partial charge on any atom is -0.491 e. The van der Waals surface area contributed by atoms with Gasteiger partial charge in [-0.2, -0.15) is 0 Å². The van der Waals surface area contributed by atoms with Crippen molar-refractivity contribution in [1.82, 2.24) is 25.3 Å². The zero-order valence-electron chi connectivity index (χ0n) is 32.1. The van der Waals surface area contributed by atoms with Crippen molar-refractivity contribution in [2.75, 3.05) is 38.1 Å². The number of piperidine rings is 1. The monoisotopic (exact) mass is 724 g/mol. The van der Waals surface area contributed by atoms with Gasteiger partial charge < -0.3 is 39.1 Å². The molecule has 1 aromatic carbocycles. The molecule has 1 fully saturated rings. The Kier molecular flexibility index (Phi) is 12.6. The van der Waals surface area contributed by atoms with Gasteiger partial charge in [-0.25, -0.2) is 14.8 Å². The standard InChI is InChI=1S/C37H56N6O7Si/c1-23-32(31-24(2)42-49-25(31)3)40-34(41-33(23)39-27-15-17-43(18-16-27)35(45)46)26-13-12-14-28(19-26)47-22-29(50-51(10,11)37(7,8)9)20-38-21-30(44)48-36(4,5)6/h12-14,19,27,29,38H,15-18,20-22H2,1-11H3,(H,45,46)(H,39,40,41)/t29-/m0/s1. The summed E-state index contributed by atoms with van der Waals surface area (Å²) in [6.07, 6.45) is 0.119. The van der Waals surface area contributed by atoms with Crippen LogP contribution in [0.5, 0.6) is 5.75 Å². The fraction of sp³-hybridized carbons (Fsp3) is 0.595. The lowest BCUT2D eigenvalue weighted by Gasteiger charge is -2.39. The quantitative estimate of drug-likeness (QED) is 0.123. The maximum absolute atomic E-state index is 12.4. The number of carbonyl (C=O) groups excluding carboxylic acids is 1. The van der Waals surface area contributed by atoms with Crippen molar-refractivity contribution < 1.29 is 33.1 Å². The molecule has 0 spiro atoms. The van der Waals surface area contributed by atoms with Crippen LogP contribution in [0.4, 0.5) is 10.6 Å². The Morgan fingerprint density at radius 3 is 2.35 bits per heavy atom. The molecule has 0 saturated carbocycles. The van der Waals surface area contributed by atoms with E-state index >= 15 is 0 Å². The molecule has 1 saturated heterocycles. The summed E-state index contributed by atoms with van der Waals surface area (Å²) in [5.74, 6) is 2.14. The summed E-state index contributed by atoms with van der Waals surface area (Å²) in [6.45, 7) is 23.9. The van der Waals surface area contributed by atoms with Crippen molar-refractivity contribution in [3.05, 3.63) is 41.3 Å². The first-order chi connectivity index (χ1) is 23.7. The number of anilines is 1. The minimum absolute atomic E-state index is 0.0168. The number of nitrogens with zero attached hydrogens (tertiary/aromatic N) is 4. The van der Waals surface area contributed by atoms with Crippen molar-refractivity contribution in [2.24, 2.45) is 0 Å². The van der Waals surface area contributed by atoms with Crippen LogP contribution in [0.25, 0.3) is 22.6 Å². The third-order valence-electron chi connectivity index (χ3n) is 9.38. The molecule has 0 aliphatic carbocycles. The topological polar surface area (TPSA) is 161 Å². The van der Waals surface area contributed by atoms with Crippen LogP contribution in [0.1, 0.15) is 71.4 Å². The van der Waals surface area contributed by atoms with Gasteiger partial charge in [0, 0.05) is 36.8 Å². The van der Waals surface area contributed by atoms with E-state index in [1.54, 1.807) is 0 Å². The van der Waals surface area contributed by atoms with Gasteiger partial charge in [-0.05, 0) is 84.6 Å². The maximum Gasteiger partial charge on any atom is 0.407 e. The molecule has 3 N–H and O–H groups in total. The van der Waals surface area contributed by atoms with Crippen LogP contribution in [0.2, 0.25) is 18.1 Å². The normalized spacial score (nSPS) is 15.1. The minimum atomic E-state index is -2.17. The molecule has 1 amide bonds. The number of rotatable bonds is 13. The number of carboxylic acid groups (broad SMARTS) is 1. The molecule has 51 heavy (non-hydrogen) atoms. The van der Waals surface area contributed by atoms with Crippen molar-refractivity contribution in [3.63, 3.8) is 0 Å². The van der Waals surface area contributed by atoms with Crippen molar-refractivity contribution in [2.45, 2.75) is 111 Å². The number of nitrogens with one attached hydrogen (secondary N) is 2. The molecule has 14 heteroatoms. The predicted octanol–water partition coefficient (Wildman–Crippen LogP) is 6.98. The van der Waals surface area contributed by atoms with E-state index in [2.05, 4.69) is 49.7 Å². The molecular weight excluding hydrogens is 669 g/mol. The summed E-state index contributed by atoms with van der Waals surface area (Å²) >= 11 is 0. The largest absolute Gasteiger partial charge is 0.491 e. The van der Waals surface area contributed by atoms with Gasteiger partial charge in [0.05, 0.1) is 29.6 Å². The molecule has 13 nitrogen and oxygen atoms in total. The third kappa shape index (κ3) is 10.7. The Hall–Kier alpha value is -4.01. The fourth-order valence-electron chi connectivity index (χ4n) is 5.61.